The summed E-state index contributed by atoms with van der Waals surface area (Å²) in [4.78, 5) is 41.5. The molecule has 1 atom stereocenters. The van der Waals surface area contributed by atoms with Gasteiger partial charge in [-0.05, 0) is 18.1 Å². The maximum absolute atomic E-state index is 13.3. The molecule has 2 rings (SSSR count). The summed E-state index contributed by atoms with van der Waals surface area (Å²) in [6, 6.07) is 6.94. The summed E-state index contributed by atoms with van der Waals surface area (Å²) in [5.74, 6) is -0.853. The predicted octanol–water partition coefficient (Wildman–Crippen LogP) is 2.63. The standard InChI is InChI=1S/C20H27ClN2O4/c1-4-5-10-22(2)17(24)13-20(15-8-6-7-9-16(15)21)14-18(25)23(19(20)26)11-12-27-3/h6-9H,4-5,10-14H2,1-3H3. The Morgan fingerprint density at radius 1 is 1.33 bits per heavy atom. The van der Waals surface area contributed by atoms with Crippen molar-refractivity contribution in [3.05, 3.63) is 34.9 Å². The molecule has 0 N–H and O–H groups in total. The van der Waals surface area contributed by atoms with Gasteiger partial charge in [-0.2, -0.15) is 0 Å². The maximum Gasteiger partial charge on any atom is 0.241 e. The number of hydrogen-bond acceptors (Lipinski definition) is 4. The van der Waals surface area contributed by atoms with Crippen molar-refractivity contribution in [2.24, 2.45) is 0 Å². The molecule has 27 heavy (non-hydrogen) atoms. The van der Waals surface area contributed by atoms with Crippen molar-refractivity contribution in [3.63, 3.8) is 0 Å². The van der Waals surface area contributed by atoms with Crippen molar-refractivity contribution in [2.75, 3.05) is 33.9 Å². The Labute approximate surface area is 165 Å². The number of nitrogens with zero attached hydrogens (tertiary/aromatic N) is 2. The number of unbranched alkanes of at least 4 members (excludes halogenated alkanes) is 1. The van der Waals surface area contributed by atoms with E-state index in [1.807, 2.05) is 0 Å². The van der Waals surface area contributed by atoms with Gasteiger partial charge in [0.1, 0.15) is 0 Å². The lowest BCUT2D eigenvalue weighted by Crippen LogP contribution is -2.43. The second-order valence-corrected chi connectivity index (χ2v) is 7.33. The molecule has 0 spiro atoms. The lowest BCUT2D eigenvalue weighted by Gasteiger charge is -2.30. The Bertz CT molecular complexity index is 709. The number of methoxy groups -OCH3 is 1. The molecular weight excluding hydrogens is 368 g/mol. The summed E-state index contributed by atoms with van der Waals surface area (Å²) in [7, 11) is 3.24. The fraction of sp³-hybridized carbons (Fsp3) is 0.550. The van der Waals surface area contributed by atoms with E-state index in [2.05, 4.69) is 6.92 Å². The van der Waals surface area contributed by atoms with Crippen molar-refractivity contribution in [3.8, 4) is 0 Å². The molecule has 3 amide bonds. The van der Waals surface area contributed by atoms with Crippen LogP contribution in [0.25, 0.3) is 0 Å². The van der Waals surface area contributed by atoms with Gasteiger partial charge < -0.3 is 9.64 Å². The Balaban J connectivity index is 2.39. The zero-order valence-electron chi connectivity index (χ0n) is 16.2. The summed E-state index contributed by atoms with van der Waals surface area (Å²) in [5.41, 5.74) is -0.733. The fourth-order valence-electron chi connectivity index (χ4n) is 3.42. The number of ether oxygens (including phenoxy) is 1. The van der Waals surface area contributed by atoms with E-state index in [1.54, 1.807) is 36.2 Å². The summed E-state index contributed by atoms with van der Waals surface area (Å²) in [6.45, 7) is 3.08. The number of benzene rings is 1. The molecular formula is C20H27ClN2O4. The van der Waals surface area contributed by atoms with Gasteiger partial charge in [0.15, 0.2) is 0 Å². The summed E-state index contributed by atoms with van der Waals surface area (Å²) in [6.07, 6.45) is 1.71. The molecule has 0 radical (unpaired) electrons. The van der Waals surface area contributed by atoms with Gasteiger partial charge in [-0.3, -0.25) is 19.3 Å². The third kappa shape index (κ3) is 4.50. The Hall–Kier alpha value is -1.92. The summed E-state index contributed by atoms with van der Waals surface area (Å²) in [5, 5.41) is 0.385. The predicted molar refractivity (Wildman–Crippen MR) is 104 cm³/mol. The van der Waals surface area contributed by atoms with Crippen LogP contribution in [0.4, 0.5) is 0 Å². The van der Waals surface area contributed by atoms with Gasteiger partial charge >= 0.3 is 0 Å². The Morgan fingerprint density at radius 2 is 2.04 bits per heavy atom. The Morgan fingerprint density at radius 3 is 2.67 bits per heavy atom. The molecule has 1 fully saturated rings. The number of imide groups is 1. The number of halogens is 1. The average Bonchev–Trinajstić information content (AvgIpc) is 2.88. The molecule has 1 heterocycles. The number of amides is 3. The third-order valence-electron chi connectivity index (χ3n) is 5.04. The van der Waals surface area contributed by atoms with E-state index in [9.17, 15) is 14.4 Å². The van der Waals surface area contributed by atoms with Crippen LogP contribution >= 0.6 is 11.6 Å². The molecule has 0 aromatic heterocycles. The van der Waals surface area contributed by atoms with Crippen molar-refractivity contribution < 1.29 is 19.1 Å². The minimum absolute atomic E-state index is 0.0629. The largest absolute Gasteiger partial charge is 0.383 e. The van der Waals surface area contributed by atoms with E-state index in [-0.39, 0.29) is 43.7 Å². The first-order valence-electron chi connectivity index (χ1n) is 9.20. The molecule has 1 saturated heterocycles. The van der Waals surface area contributed by atoms with Crippen LogP contribution in [0, 0.1) is 0 Å². The molecule has 6 nitrogen and oxygen atoms in total. The first kappa shape index (κ1) is 21.4. The van der Waals surface area contributed by atoms with Crippen LogP contribution in [0.2, 0.25) is 5.02 Å². The van der Waals surface area contributed by atoms with Crippen LogP contribution in [-0.2, 0) is 24.5 Å². The molecule has 1 unspecified atom stereocenters. The number of carbonyl (C=O) groups excluding carboxylic acids is 3. The lowest BCUT2D eigenvalue weighted by atomic mass is 9.75. The van der Waals surface area contributed by atoms with Gasteiger partial charge in [0.25, 0.3) is 0 Å². The highest BCUT2D eigenvalue weighted by atomic mass is 35.5. The quantitative estimate of drug-likeness (QED) is 0.604. The number of rotatable bonds is 9. The van der Waals surface area contributed by atoms with E-state index in [0.29, 0.717) is 17.1 Å². The van der Waals surface area contributed by atoms with Crippen molar-refractivity contribution in [1.29, 1.82) is 0 Å². The van der Waals surface area contributed by atoms with Crippen LogP contribution in [-0.4, -0.2) is 61.4 Å². The zero-order valence-corrected chi connectivity index (χ0v) is 16.9. The van der Waals surface area contributed by atoms with Crippen LogP contribution in [0.5, 0.6) is 0 Å². The monoisotopic (exact) mass is 394 g/mol. The molecule has 0 aliphatic carbocycles. The second kappa shape index (κ2) is 9.33. The highest BCUT2D eigenvalue weighted by Crippen LogP contribution is 2.43. The van der Waals surface area contributed by atoms with E-state index in [1.165, 1.54) is 12.0 Å². The molecule has 0 bridgehead atoms. The molecule has 7 heteroatoms. The molecule has 148 valence electrons. The van der Waals surface area contributed by atoms with E-state index in [4.69, 9.17) is 16.3 Å². The zero-order chi connectivity index (χ0) is 20.0. The van der Waals surface area contributed by atoms with Gasteiger partial charge in [0.2, 0.25) is 17.7 Å². The summed E-state index contributed by atoms with van der Waals surface area (Å²) < 4.78 is 5.01. The number of likely N-dealkylation sites (tertiary alicyclic amines) is 1. The molecule has 1 aliphatic heterocycles. The van der Waals surface area contributed by atoms with Crippen molar-refractivity contribution in [2.45, 2.75) is 38.0 Å². The van der Waals surface area contributed by atoms with Crippen LogP contribution < -0.4 is 0 Å². The number of carbonyl (C=O) groups is 3. The molecule has 1 aromatic carbocycles. The highest BCUT2D eigenvalue weighted by Gasteiger charge is 2.54. The SMILES string of the molecule is CCCCN(C)C(=O)CC1(c2ccccc2Cl)CC(=O)N(CCOC)C1=O. The summed E-state index contributed by atoms with van der Waals surface area (Å²) >= 11 is 6.37. The first-order chi connectivity index (χ1) is 12.9. The minimum Gasteiger partial charge on any atom is -0.383 e. The van der Waals surface area contributed by atoms with E-state index < -0.39 is 5.41 Å². The molecule has 1 aromatic rings. The van der Waals surface area contributed by atoms with E-state index in [0.717, 1.165) is 12.8 Å². The maximum atomic E-state index is 13.3. The van der Waals surface area contributed by atoms with E-state index >= 15 is 0 Å². The fourth-order valence-corrected chi connectivity index (χ4v) is 3.73. The highest BCUT2D eigenvalue weighted by molar-refractivity contribution is 6.32. The van der Waals surface area contributed by atoms with Crippen molar-refractivity contribution in [1.82, 2.24) is 9.80 Å². The Kier molecular flexibility index (Phi) is 7.39. The normalized spacial score (nSPS) is 19.6. The number of hydrogen-bond donors (Lipinski definition) is 0. The third-order valence-corrected chi connectivity index (χ3v) is 5.37. The van der Waals surface area contributed by atoms with Crippen LogP contribution in [0.1, 0.15) is 38.2 Å². The second-order valence-electron chi connectivity index (χ2n) is 6.93. The smallest absolute Gasteiger partial charge is 0.241 e. The van der Waals surface area contributed by atoms with Gasteiger partial charge in [0.05, 0.1) is 18.6 Å². The minimum atomic E-state index is -1.26. The van der Waals surface area contributed by atoms with Crippen LogP contribution in [0.15, 0.2) is 24.3 Å². The van der Waals surface area contributed by atoms with Crippen LogP contribution in [0.3, 0.4) is 0 Å². The topological polar surface area (TPSA) is 66.9 Å². The van der Waals surface area contributed by atoms with Gasteiger partial charge in [-0.25, -0.2) is 0 Å². The van der Waals surface area contributed by atoms with Gasteiger partial charge in [-0.15, -0.1) is 0 Å². The molecule has 0 saturated carbocycles. The van der Waals surface area contributed by atoms with Crippen molar-refractivity contribution >= 4 is 29.3 Å². The first-order valence-corrected chi connectivity index (χ1v) is 9.58. The molecule has 1 aliphatic rings. The average molecular weight is 395 g/mol. The van der Waals surface area contributed by atoms with Gasteiger partial charge in [-0.1, -0.05) is 43.1 Å². The van der Waals surface area contributed by atoms with Gasteiger partial charge in [0, 0.05) is 38.6 Å². The lowest BCUT2D eigenvalue weighted by molar-refractivity contribution is -0.143.